The smallest absolute Gasteiger partial charge is 0.328 e. The van der Waals surface area contributed by atoms with Crippen LogP contribution in [0.2, 0.25) is 0 Å². The third-order valence-corrected chi connectivity index (χ3v) is 5.83. The van der Waals surface area contributed by atoms with Gasteiger partial charge >= 0.3 is 11.9 Å². The van der Waals surface area contributed by atoms with Gasteiger partial charge in [0.05, 0.1) is 7.11 Å². The number of carbonyl (C=O) groups excluding carboxylic acids is 3. The van der Waals surface area contributed by atoms with Gasteiger partial charge in [0.2, 0.25) is 6.79 Å². The number of rotatable bonds is 14. The van der Waals surface area contributed by atoms with Crippen molar-refractivity contribution >= 4 is 17.8 Å². The lowest BCUT2D eigenvalue weighted by molar-refractivity contribution is -0.156. The Morgan fingerprint density at radius 2 is 1.71 bits per heavy atom. The summed E-state index contributed by atoms with van der Waals surface area (Å²) in [5, 5.41) is 2.54. The molecule has 1 amide bonds. The maximum atomic E-state index is 13.3. The molecule has 0 bridgehead atoms. The van der Waals surface area contributed by atoms with Gasteiger partial charge in [-0.1, -0.05) is 13.8 Å². The quantitative estimate of drug-likeness (QED) is 0.282. The number of carbonyl (C=O) groups is 3. The van der Waals surface area contributed by atoms with Crippen molar-refractivity contribution < 1.29 is 42.5 Å². The fraction of sp³-hybridized carbons (Fsp3) is 0.481. The Bertz CT molecular complexity index is 1080. The van der Waals surface area contributed by atoms with Crippen molar-refractivity contribution in [2.45, 2.75) is 65.7 Å². The van der Waals surface area contributed by atoms with Gasteiger partial charge in [-0.05, 0) is 56.9 Å². The third-order valence-electron chi connectivity index (χ3n) is 5.83. The summed E-state index contributed by atoms with van der Waals surface area (Å²) in [6, 6.07) is 6.05. The number of nitrogens with one attached hydrogen (secondary N) is 1. The fourth-order valence-electron chi connectivity index (χ4n) is 3.74. The highest BCUT2D eigenvalue weighted by Gasteiger charge is 2.32. The van der Waals surface area contributed by atoms with Crippen molar-refractivity contribution in [3.05, 3.63) is 48.0 Å². The molecule has 208 valence electrons. The van der Waals surface area contributed by atoms with Gasteiger partial charge in [0.15, 0.2) is 17.2 Å². The average molecular weight is 535 g/mol. The number of aromatic nitrogens is 1. The van der Waals surface area contributed by atoms with Gasteiger partial charge in [-0.2, -0.15) is 0 Å². The fourth-order valence-corrected chi connectivity index (χ4v) is 3.74. The minimum absolute atomic E-state index is 0.0517. The van der Waals surface area contributed by atoms with E-state index in [1.165, 1.54) is 57.5 Å². The lowest BCUT2D eigenvalue weighted by Gasteiger charge is -2.31. The molecule has 0 spiro atoms. The molecule has 0 saturated heterocycles. The predicted octanol–water partition coefficient (Wildman–Crippen LogP) is 4.06. The lowest BCUT2D eigenvalue weighted by Crippen LogP contribution is -2.45. The monoisotopic (exact) mass is 534 g/mol. The van der Waals surface area contributed by atoms with Crippen LogP contribution >= 0.6 is 0 Å². The molecule has 0 aliphatic rings. The van der Waals surface area contributed by atoms with Crippen LogP contribution in [0.1, 0.15) is 57.9 Å². The molecule has 2 aromatic rings. The number of halogens is 1. The molecular weight excluding hydrogens is 499 g/mol. The van der Waals surface area contributed by atoms with Gasteiger partial charge in [0, 0.05) is 19.2 Å². The maximum Gasteiger partial charge on any atom is 0.328 e. The molecule has 38 heavy (non-hydrogen) atoms. The second-order valence-electron chi connectivity index (χ2n) is 8.54. The van der Waals surface area contributed by atoms with Crippen molar-refractivity contribution in [3.63, 3.8) is 0 Å². The van der Waals surface area contributed by atoms with Gasteiger partial charge in [-0.3, -0.25) is 9.59 Å². The predicted molar refractivity (Wildman–Crippen MR) is 135 cm³/mol. The molecule has 0 unspecified atom stereocenters. The highest BCUT2D eigenvalue weighted by Crippen LogP contribution is 2.30. The average Bonchev–Trinajstić information content (AvgIpc) is 2.89. The van der Waals surface area contributed by atoms with E-state index in [1.807, 2.05) is 13.8 Å². The van der Waals surface area contributed by atoms with Crippen molar-refractivity contribution in [1.29, 1.82) is 0 Å². The van der Waals surface area contributed by atoms with Gasteiger partial charge in [0.25, 0.3) is 5.91 Å². The van der Waals surface area contributed by atoms with Crippen molar-refractivity contribution in [1.82, 2.24) is 10.3 Å². The Kier molecular flexibility index (Phi) is 11.8. The number of esters is 2. The van der Waals surface area contributed by atoms with E-state index in [4.69, 9.17) is 23.7 Å². The summed E-state index contributed by atoms with van der Waals surface area (Å²) in [5.74, 6) is -1.71. The van der Waals surface area contributed by atoms with Crippen molar-refractivity contribution in [3.8, 4) is 17.2 Å². The molecule has 1 N–H and O–H groups in total. The molecule has 0 aliphatic heterocycles. The standard InChI is InChI=1S/C27H35FN2O8/c1-7-19(8-2)24(38-21-11-9-20(28)10-12-21)17(4)37-27(33)16(3)30-26(32)23-25(36-15-35-18(5)31)22(34-6)13-14-29-23/h9-14,16-17,19,24H,7-8,15H2,1-6H3,(H,30,32)/t16-,17-,24-/m0/s1. The van der Waals surface area contributed by atoms with E-state index in [1.54, 1.807) is 6.92 Å². The van der Waals surface area contributed by atoms with Crippen LogP contribution in [0.3, 0.4) is 0 Å². The number of benzene rings is 1. The lowest BCUT2D eigenvalue weighted by atomic mass is 9.93. The molecule has 3 atom stereocenters. The van der Waals surface area contributed by atoms with E-state index in [0.717, 1.165) is 12.8 Å². The highest BCUT2D eigenvalue weighted by molar-refractivity contribution is 5.98. The number of hydrogen-bond acceptors (Lipinski definition) is 9. The van der Waals surface area contributed by atoms with Crippen molar-refractivity contribution in [2.24, 2.45) is 5.92 Å². The molecule has 11 heteroatoms. The second-order valence-corrected chi connectivity index (χ2v) is 8.54. The molecular formula is C27H35FN2O8. The number of amides is 1. The summed E-state index contributed by atoms with van der Waals surface area (Å²) >= 11 is 0. The minimum Gasteiger partial charge on any atom is -0.493 e. The summed E-state index contributed by atoms with van der Waals surface area (Å²) in [7, 11) is 1.38. The number of ether oxygens (including phenoxy) is 5. The number of hydrogen-bond donors (Lipinski definition) is 1. The molecule has 0 saturated carbocycles. The molecule has 1 aromatic carbocycles. The van der Waals surface area contributed by atoms with E-state index >= 15 is 0 Å². The summed E-state index contributed by atoms with van der Waals surface area (Å²) in [6.07, 6.45) is 1.71. The van der Waals surface area contributed by atoms with Crippen LogP contribution in [0.25, 0.3) is 0 Å². The minimum atomic E-state index is -1.05. The first-order chi connectivity index (χ1) is 18.1. The summed E-state index contributed by atoms with van der Waals surface area (Å²) in [5.41, 5.74) is -0.168. The highest BCUT2D eigenvalue weighted by atomic mass is 19.1. The second kappa shape index (κ2) is 14.7. The van der Waals surface area contributed by atoms with E-state index in [0.29, 0.717) is 5.75 Å². The Hall–Kier alpha value is -3.89. The third kappa shape index (κ3) is 8.60. The molecule has 10 nitrogen and oxygen atoms in total. The van der Waals surface area contributed by atoms with Crippen LogP contribution in [0.5, 0.6) is 17.2 Å². The summed E-state index contributed by atoms with van der Waals surface area (Å²) in [4.78, 5) is 40.9. The Morgan fingerprint density at radius 1 is 1.05 bits per heavy atom. The van der Waals surface area contributed by atoms with Crippen LogP contribution in [-0.2, 0) is 19.1 Å². The molecule has 0 radical (unpaired) electrons. The number of pyridine rings is 1. The SMILES string of the molecule is CCC(CC)[C@@H](Oc1ccc(F)cc1)[C@H](C)OC(=O)[C@H](C)NC(=O)c1nccc(OC)c1OCOC(C)=O. The zero-order valence-electron chi connectivity index (χ0n) is 22.5. The first kappa shape index (κ1) is 30.3. The van der Waals surface area contributed by atoms with E-state index in [-0.39, 0.29) is 28.9 Å². The topological polar surface area (TPSA) is 122 Å². The van der Waals surface area contributed by atoms with Crippen LogP contribution in [0.15, 0.2) is 36.5 Å². The van der Waals surface area contributed by atoms with Gasteiger partial charge in [-0.15, -0.1) is 0 Å². The van der Waals surface area contributed by atoms with Gasteiger partial charge in [-0.25, -0.2) is 14.2 Å². The van der Waals surface area contributed by atoms with Gasteiger partial charge in [0.1, 0.15) is 29.8 Å². The Labute approximate surface area is 221 Å². The Balaban J connectivity index is 2.12. The maximum absolute atomic E-state index is 13.3. The zero-order valence-corrected chi connectivity index (χ0v) is 22.5. The van der Waals surface area contributed by atoms with E-state index < -0.39 is 42.9 Å². The molecule has 1 aromatic heterocycles. The van der Waals surface area contributed by atoms with E-state index in [9.17, 15) is 18.8 Å². The van der Waals surface area contributed by atoms with Crippen LogP contribution in [0, 0.1) is 11.7 Å². The summed E-state index contributed by atoms with van der Waals surface area (Å²) in [6.45, 7) is 7.95. The van der Waals surface area contributed by atoms with E-state index in [2.05, 4.69) is 10.3 Å². The largest absolute Gasteiger partial charge is 0.493 e. The Morgan fingerprint density at radius 3 is 2.29 bits per heavy atom. The number of nitrogens with zero attached hydrogens (tertiary/aromatic N) is 1. The molecule has 1 heterocycles. The molecule has 2 rings (SSSR count). The zero-order chi connectivity index (χ0) is 28.2. The van der Waals surface area contributed by atoms with Crippen LogP contribution < -0.4 is 19.5 Å². The van der Waals surface area contributed by atoms with Gasteiger partial charge < -0.3 is 29.0 Å². The van der Waals surface area contributed by atoms with Crippen molar-refractivity contribution in [2.75, 3.05) is 13.9 Å². The van der Waals surface area contributed by atoms with Crippen LogP contribution in [-0.4, -0.2) is 55.0 Å². The normalized spacial score (nSPS) is 13.2. The summed E-state index contributed by atoms with van der Waals surface area (Å²) < 4.78 is 40.5. The van der Waals surface area contributed by atoms with Crippen LogP contribution in [0.4, 0.5) is 4.39 Å². The first-order valence-corrected chi connectivity index (χ1v) is 12.3. The first-order valence-electron chi connectivity index (χ1n) is 12.3. The molecule has 0 aliphatic carbocycles. The number of methoxy groups -OCH3 is 1. The molecule has 0 fully saturated rings.